The molecule has 1 heterocycles. The van der Waals surface area contributed by atoms with Crippen molar-refractivity contribution < 1.29 is 22.6 Å². The fourth-order valence-electron chi connectivity index (χ4n) is 2.98. The van der Waals surface area contributed by atoms with Crippen LogP contribution < -0.4 is 18.9 Å². The van der Waals surface area contributed by atoms with Gasteiger partial charge < -0.3 is 14.2 Å². The van der Waals surface area contributed by atoms with Crippen LogP contribution in [0, 0.1) is 6.92 Å². The summed E-state index contributed by atoms with van der Waals surface area (Å²) in [5.41, 5.74) is 2.03. The first-order valence-corrected chi connectivity index (χ1v) is 10.5. The van der Waals surface area contributed by atoms with Crippen molar-refractivity contribution in [2.45, 2.75) is 31.1 Å². The van der Waals surface area contributed by atoms with Crippen molar-refractivity contribution in [2.75, 3.05) is 26.9 Å². The highest BCUT2D eigenvalue weighted by molar-refractivity contribution is 7.89. The number of sulfonamides is 1. The molecule has 0 fully saturated rings. The minimum atomic E-state index is -3.59. The smallest absolute Gasteiger partial charge is 0.244 e. The monoisotopic (exact) mass is 391 g/mol. The van der Waals surface area contributed by atoms with E-state index >= 15 is 0 Å². The van der Waals surface area contributed by atoms with Crippen molar-refractivity contribution in [1.29, 1.82) is 0 Å². The van der Waals surface area contributed by atoms with Crippen molar-refractivity contribution in [3.05, 3.63) is 47.5 Å². The van der Waals surface area contributed by atoms with Gasteiger partial charge in [-0.3, -0.25) is 0 Å². The first-order valence-electron chi connectivity index (χ1n) is 9.02. The van der Waals surface area contributed by atoms with Crippen LogP contribution in [0.1, 0.15) is 24.0 Å². The molecule has 0 aromatic heterocycles. The summed E-state index contributed by atoms with van der Waals surface area (Å²) < 4.78 is 44.0. The summed E-state index contributed by atoms with van der Waals surface area (Å²) in [5.74, 6) is 1.92. The second-order valence-electron chi connectivity index (χ2n) is 6.49. The number of fused-ring (bicyclic) bond motifs is 1. The fraction of sp³-hybridized carbons (Fsp3) is 0.400. The number of ether oxygens (including phenoxy) is 3. The molecule has 27 heavy (non-hydrogen) atoms. The van der Waals surface area contributed by atoms with Gasteiger partial charge in [0.05, 0.1) is 7.11 Å². The first-order chi connectivity index (χ1) is 13.0. The third-order valence-corrected chi connectivity index (χ3v) is 5.88. The third-order valence-electron chi connectivity index (χ3n) is 4.40. The molecule has 7 heteroatoms. The van der Waals surface area contributed by atoms with E-state index in [1.807, 2.05) is 31.2 Å². The predicted octanol–water partition coefficient (Wildman–Crippen LogP) is 3.08. The number of nitrogens with one attached hydrogen (secondary N) is 1. The Morgan fingerprint density at radius 2 is 1.81 bits per heavy atom. The number of rotatable bonds is 8. The van der Waals surface area contributed by atoms with Gasteiger partial charge in [0.2, 0.25) is 10.0 Å². The molecule has 0 saturated heterocycles. The molecule has 0 aliphatic carbocycles. The van der Waals surface area contributed by atoms with E-state index in [0.717, 1.165) is 41.9 Å². The van der Waals surface area contributed by atoms with Crippen LogP contribution in [-0.4, -0.2) is 35.3 Å². The molecule has 2 aromatic carbocycles. The average molecular weight is 391 g/mol. The molecule has 0 radical (unpaired) electrons. The Balaban J connectivity index is 1.51. The SMILES string of the molecule is COc1ccc(C)cc1S(=O)(=O)NCCCCc1ccc2c(c1)OCCO2. The molecule has 0 saturated carbocycles. The van der Waals surface area contributed by atoms with Crippen LogP contribution >= 0.6 is 0 Å². The molecule has 1 aliphatic rings. The molecule has 0 amide bonds. The number of benzene rings is 2. The quantitative estimate of drug-likeness (QED) is 0.700. The predicted molar refractivity (Wildman–Crippen MR) is 103 cm³/mol. The van der Waals surface area contributed by atoms with E-state index in [1.165, 1.54) is 7.11 Å². The Kier molecular flexibility index (Phi) is 6.23. The maximum Gasteiger partial charge on any atom is 0.244 e. The van der Waals surface area contributed by atoms with Crippen LogP contribution in [0.15, 0.2) is 41.3 Å². The molecule has 0 spiro atoms. The summed E-state index contributed by atoms with van der Waals surface area (Å²) >= 11 is 0. The zero-order valence-electron chi connectivity index (χ0n) is 15.7. The van der Waals surface area contributed by atoms with E-state index in [-0.39, 0.29) is 4.90 Å². The standard InChI is InChI=1S/C20H25NO5S/c1-15-6-8-18(24-2)20(13-15)27(22,23)21-10-4-3-5-16-7-9-17-19(14-16)26-12-11-25-17/h6-9,13-14,21H,3-5,10-12H2,1-2H3. The Morgan fingerprint density at radius 3 is 2.59 bits per heavy atom. The lowest BCUT2D eigenvalue weighted by molar-refractivity contribution is 0.171. The molecular weight excluding hydrogens is 366 g/mol. The van der Waals surface area contributed by atoms with Gasteiger partial charge in [0.25, 0.3) is 0 Å². The maximum atomic E-state index is 12.5. The first kappa shape index (κ1) is 19.5. The van der Waals surface area contributed by atoms with E-state index in [0.29, 0.717) is 25.5 Å². The molecule has 6 nitrogen and oxygen atoms in total. The minimum Gasteiger partial charge on any atom is -0.495 e. The highest BCUT2D eigenvalue weighted by Gasteiger charge is 2.19. The van der Waals surface area contributed by atoms with Crippen LogP contribution in [0.25, 0.3) is 0 Å². The summed E-state index contributed by atoms with van der Waals surface area (Å²) in [4.78, 5) is 0.178. The molecule has 0 atom stereocenters. The number of hydrogen-bond acceptors (Lipinski definition) is 5. The zero-order valence-corrected chi connectivity index (χ0v) is 16.5. The Hall–Kier alpha value is -2.25. The van der Waals surface area contributed by atoms with Crippen LogP contribution in [0.2, 0.25) is 0 Å². The Bertz CT molecular complexity index is 895. The van der Waals surface area contributed by atoms with Crippen LogP contribution in [0.5, 0.6) is 17.2 Å². The van der Waals surface area contributed by atoms with Crippen molar-refractivity contribution in [3.8, 4) is 17.2 Å². The maximum absolute atomic E-state index is 12.5. The summed E-state index contributed by atoms with van der Waals surface area (Å²) in [6.07, 6.45) is 2.46. The largest absolute Gasteiger partial charge is 0.495 e. The van der Waals surface area contributed by atoms with Gasteiger partial charge >= 0.3 is 0 Å². The normalized spacial score (nSPS) is 13.4. The van der Waals surface area contributed by atoms with Crippen molar-refractivity contribution in [3.63, 3.8) is 0 Å². The molecule has 0 bridgehead atoms. The van der Waals surface area contributed by atoms with E-state index in [9.17, 15) is 8.42 Å². The van der Waals surface area contributed by atoms with Gasteiger partial charge in [-0.15, -0.1) is 0 Å². The number of methoxy groups -OCH3 is 1. The molecule has 146 valence electrons. The molecule has 1 N–H and O–H groups in total. The number of unbranched alkanes of at least 4 members (excludes halogenated alkanes) is 1. The molecule has 0 unspecified atom stereocenters. The number of aryl methyl sites for hydroxylation is 2. The second-order valence-corrected chi connectivity index (χ2v) is 8.22. The molecule has 2 aromatic rings. The van der Waals surface area contributed by atoms with Crippen LogP contribution in [0.3, 0.4) is 0 Å². The Labute approximate surface area is 160 Å². The number of hydrogen-bond donors (Lipinski definition) is 1. The fourth-order valence-corrected chi connectivity index (χ4v) is 4.30. The van der Waals surface area contributed by atoms with Gasteiger partial charge in [-0.2, -0.15) is 0 Å². The van der Waals surface area contributed by atoms with Crippen molar-refractivity contribution in [1.82, 2.24) is 4.72 Å². The van der Waals surface area contributed by atoms with E-state index in [1.54, 1.807) is 12.1 Å². The minimum absolute atomic E-state index is 0.178. The van der Waals surface area contributed by atoms with Gasteiger partial charge in [-0.1, -0.05) is 12.1 Å². The highest BCUT2D eigenvalue weighted by Crippen LogP contribution is 2.31. The van der Waals surface area contributed by atoms with Crippen molar-refractivity contribution in [2.24, 2.45) is 0 Å². The van der Waals surface area contributed by atoms with Gasteiger partial charge in [0.1, 0.15) is 23.9 Å². The summed E-state index contributed by atoms with van der Waals surface area (Å²) in [6.45, 7) is 3.38. The third kappa shape index (κ3) is 4.93. The lowest BCUT2D eigenvalue weighted by Crippen LogP contribution is -2.25. The lowest BCUT2D eigenvalue weighted by atomic mass is 10.1. The van der Waals surface area contributed by atoms with E-state index in [2.05, 4.69) is 4.72 Å². The summed E-state index contributed by atoms with van der Waals surface area (Å²) in [5, 5.41) is 0. The zero-order chi connectivity index (χ0) is 19.3. The Morgan fingerprint density at radius 1 is 1.04 bits per heavy atom. The molecule has 1 aliphatic heterocycles. The topological polar surface area (TPSA) is 73.9 Å². The van der Waals surface area contributed by atoms with Gasteiger partial charge in [-0.05, 0) is 61.6 Å². The van der Waals surface area contributed by atoms with Gasteiger partial charge in [0.15, 0.2) is 11.5 Å². The summed E-state index contributed by atoms with van der Waals surface area (Å²) in [6, 6.07) is 11.1. The average Bonchev–Trinajstić information content (AvgIpc) is 2.67. The van der Waals surface area contributed by atoms with Gasteiger partial charge in [-0.25, -0.2) is 13.1 Å². The van der Waals surface area contributed by atoms with Gasteiger partial charge in [0, 0.05) is 6.54 Å². The lowest BCUT2D eigenvalue weighted by Gasteiger charge is -2.18. The highest BCUT2D eigenvalue weighted by atomic mass is 32.2. The van der Waals surface area contributed by atoms with Crippen LogP contribution in [-0.2, 0) is 16.4 Å². The van der Waals surface area contributed by atoms with E-state index < -0.39 is 10.0 Å². The second kappa shape index (κ2) is 8.63. The van der Waals surface area contributed by atoms with E-state index in [4.69, 9.17) is 14.2 Å². The van der Waals surface area contributed by atoms with Crippen molar-refractivity contribution >= 4 is 10.0 Å². The molecule has 3 rings (SSSR count). The molecular formula is C20H25NO5S. The summed E-state index contributed by atoms with van der Waals surface area (Å²) in [7, 11) is -2.12. The van der Waals surface area contributed by atoms with Crippen LogP contribution in [0.4, 0.5) is 0 Å².